The van der Waals surface area contributed by atoms with Gasteiger partial charge in [0.1, 0.15) is 5.00 Å². The molecule has 4 nitrogen and oxygen atoms in total. The summed E-state index contributed by atoms with van der Waals surface area (Å²) in [4.78, 5) is 25.9. The number of esters is 1. The summed E-state index contributed by atoms with van der Waals surface area (Å²) in [6.45, 7) is 1.87. The first-order valence-electron chi connectivity index (χ1n) is 8.31. The Morgan fingerprint density at radius 3 is 2.37 bits per heavy atom. The number of methoxy groups -OCH3 is 1. The second-order valence-corrected chi connectivity index (χ2v) is 7.51. The topological polar surface area (TPSA) is 55.4 Å². The summed E-state index contributed by atoms with van der Waals surface area (Å²) in [6.07, 6.45) is 0.679. The van der Waals surface area contributed by atoms with Crippen LogP contribution in [0.15, 0.2) is 54.6 Å². The summed E-state index contributed by atoms with van der Waals surface area (Å²) < 4.78 is 4.92. The van der Waals surface area contributed by atoms with Gasteiger partial charge in [0.25, 0.3) is 5.91 Å². The fourth-order valence-electron chi connectivity index (χ4n) is 2.72. The van der Waals surface area contributed by atoms with E-state index in [1.54, 1.807) is 24.3 Å². The monoisotopic (exact) mass is 399 g/mol. The number of halogens is 1. The molecule has 0 fully saturated rings. The molecule has 6 heteroatoms. The highest BCUT2D eigenvalue weighted by Crippen LogP contribution is 2.35. The van der Waals surface area contributed by atoms with Crippen LogP contribution in [0.5, 0.6) is 0 Å². The van der Waals surface area contributed by atoms with Gasteiger partial charge in [-0.2, -0.15) is 0 Å². The lowest BCUT2D eigenvalue weighted by atomic mass is 10.1. The van der Waals surface area contributed by atoms with Crippen molar-refractivity contribution in [3.05, 3.63) is 86.8 Å². The molecule has 138 valence electrons. The first kappa shape index (κ1) is 19.1. The van der Waals surface area contributed by atoms with E-state index in [9.17, 15) is 9.59 Å². The van der Waals surface area contributed by atoms with Crippen LogP contribution < -0.4 is 5.32 Å². The number of carbonyl (C=O) groups is 2. The van der Waals surface area contributed by atoms with Crippen LogP contribution in [0.4, 0.5) is 5.00 Å². The highest BCUT2D eigenvalue weighted by molar-refractivity contribution is 7.17. The Balaban J connectivity index is 1.93. The number of nitrogens with one attached hydrogen (secondary N) is 1. The van der Waals surface area contributed by atoms with Crippen molar-refractivity contribution < 1.29 is 14.3 Å². The number of rotatable bonds is 5. The molecule has 3 aromatic rings. The molecule has 2 aromatic carbocycles. The predicted octanol–water partition coefficient (Wildman–Crippen LogP) is 5.34. The highest BCUT2D eigenvalue weighted by atomic mass is 35.5. The van der Waals surface area contributed by atoms with E-state index in [1.165, 1.54) is 18.4 Å². The van der Waals surface area contributed by atoms with Gasteiger partial charge in [-0.3, -0.25) is 4.79 Å². The third-order valence-corrected chi connectivity index (χ3v) is 5.64. The maximum Gasteiger partial charge on any atom is 0.341 e. The van der Waals surface area contributed by atoms with E-state index in [4.69, 9.17) is 16.3 Å². The Kier molecular flexibility index (Phi) is 5.94. The molecule has 0 radical (unpaired) electrons. The number of hydrogen-bond acceptors (Lipinski definition) is 4. The zero-order valence-corrected chi connectivity index (χ0v) is 16.5. The maximum atomic E-state index is 12.6. The molecule has 1 N–H and O–H groups in total. The normalized spacial score (nSPS) is 10.5. The lowest BCUT2D eigenvalue weighted by molar-refractivity contribution is 0.0601. The summed E-state index contributed by atoms with van der Waals surface area (Å²) in [5.74, 6) is -0.765. The van der Waals surface area contributed by atoms with Gasteiger partial charge in [0.05, 0.1) is 12.7 Å². The molecule has 27 heavy (non-hydrogen) atoms. The minimum atomic E-state index is -0.463. The van der Waals surface area contributed by atoms with Crippen LogP contribution in [-0.2, 0) is 11.2 Å². The van der Waals surface area contributed by atoms with Crippen LogP contribution in [0, 0.1) is 6.92 Å². The molecule has 0 aliphatic rings. The fourth-order valence-corrected chi connectivity index (χ4v) is 4.07. The quantitative estimate of drug-likeness (QED) is 0.589. The number of anilines is 1. The van der Waals surface area contributed by atoms with Crippen LogP contribution in [0.1, 0.15) is 36.7 Å². The van der Waals surface area contributed by atoms with E-state index in [2.05, 4.69) is 5.32 Å². The minimum absolute atomic E-state index is 0.302. The molecule has 0 saturated heterocycles. The Bertz CT molecular complexity index is 965. The third kappa shape index (κ3) is 4.38. The second kappa shape index (κ2) is 8.37. The molecule has 0 bridgehead atoms. The molecular weight excluding hydrogens is 382 g/mol. The van der Waals surface area contributed by atoms with Gasteiger partial charge in [0, 0.05) is 21.9 Å². The van der Waals surface area contributed by atoms with Crippen molar-refractivity contribution in [3.63, 3.8) is 0 Å². The lowest BCUT2D eigenvalue weighted by Crippen LogP contribution is -2.14. The standard InChI is InChI=1S/C21H18ClNO3S/c1-13-17(12-14-6-4-3-5-7-14)27-20(18(13)21(25)26-2)23-19(24)15-8-10-16(22)11-9-15/h3-11H,12H2,1-2H3,(H,23,24). The van der Waals surface area contributed by atoms with Crippen LogP contribution in [0.2, 0.25) is 5.02 Å². The summed E-state index contributed by atoms with van der Waals surface area (Å²) in [7, 11) is 1.33. The number of ether oxygens (including phenoxy) is 1. The van der Waals surface area contributed by atoms with Gasteiger partial charge in [0.15, 0.2) is 0 Å². The molecule has 0 aliphatic heterocycles. The third-order valence-electron chi connectivity index (χ3n) is 4.18. The van der Waals surface area contributed by atoms with E-state index in [0.29, 0.717) is 27.6 Å². The summed E-state index contributed by atoms with van der Waals surface area (Å²) >= 11 is 7.26. The van der Waals surface area contributed by atoms with Gasteiger partial charge in [-0.1, -0.05) is 41.9 Å². The molecule has 0 unspecified atom stereocenters. The zero-order chi connectivity index (χ0) is 19.4. The van der Waals surface area contributed by atoms with Gasteiger partial charge < -0.3 is 10.1 Å². The van der Waals surface area contributed by atoms with Crippen molar-refractivity contribution in [2.75, 3.05) is 12.4 Å². The smallest absolute Gasteiger partial charge is 0.341 e. The average molecular weight is 400 g/mol. The Morgan fingerprint density at radius 2 is 1.74 bits per heavy atom. The van der Waals surface area contributed by atoms with Crippen molar-refractivity contribution in [3.8, 4) is 0 Å². The molecule has 1 amide bonds. The molecule has 1 aromatic heterocycles. The number of hydrogen-bond donors (Lipinski definition) is 1. The van der Waals surface area contributed by atoms with Crippen molar-refractivity contribution in [1.82, 2.24) is 0 Å². The number of amides is 1. The van der Waals surface area contributed by atoms with Crippen molar-refractivity contribution in [1.29, 1.82) is 0 Å². The predicted molar refractivity (Wildman–Crippen MR) is 109 cm³/mol. The molecule has 3 rings (SSSR count). The van der Waals surface area contributed by atoms with Crippen LogP contribution in [0.3, 0.4) is 0 Å². The molecule has 0 saturated carbocycles. The SMILES string of the molecule is COC(=O)c1c(NC(=O)c2ccc(Cl)cc2)sc(Cc2ccccc2)c1C. The van der Waals surface area contributed by atoms with E-state index in [0.717, 1.165) is 16.0 Å². The zero-order valence-electron chi connectivity index (χ0n) is 14.9. The van der Waals surface area contributed by atoms with Gasteiger partial charge in [0.2, 0.25) is 0 Å². The van der Waals surface area contributed by atoms with Gasteiger partial charge in [-0.15, -0.1) is 11.3 Å². The Labute approximate surface area is 166 Å². The van der Waals surface area contributed by atoms with Crippen molar-refractivity contribution in [2.45, 2.75) is 13.3 Å². The van der Waals surface area contributed by atoms with Crippen molar-refractivity contribution in [2.24, 2.45) is 0 Å². The first-order chi connectivity index (χ1) is 13.0. The number of carbonyl (C=O) groups excluding carboxylic acids is 2. The Hall–Kier alpha value is -2.63. The first-order valence-corrected chi connectivity index (χ1v) is 9.50. The highest BCUT2D eigenvalue weighted by Gasteiger charge is 2.23. The fraction of sp³-hybridized carbons (Fsp3) is 0.143. The second-order valence-electron chi connectivity index (χ2n) is 5.97. The average Bonchev–Trinajstić information content (AvgIpc) is 2.97. The summed E-state index contributed by atoms with van der Waals surface area (Å²) in [5.41, 5.74) is 2.82. The van der Waals surface area contributed by atoms with Gasteiger partial charge in [-0.25, -0.2) is 4.79 Å². The number of benzene rings is 2. The minimum Gasteiger partial charge on any atom is -0.465 e. The molecule has 0 atom stereocenters. The maximum absolute atomic E-state index is 12.6. The van der Waals surface area contributed by atoms with E-state index in [-0.39, 0.29) is 5.91 Å². The molecular formula is C21H18ClNO3S. The number of thiophene rings is 1. The van der Waals surface area contributed by atoms with Crippen molar-refractivity contribution >= 4 is 39.8 Å². The van der Waals surface area contributed by atoms with Crippen LogP contribution >= 0.6 is 22.9 Å². The van der Waals surface area contributed by atoms with E-state index in [1.807, 2.05) is 37.3 Å². The largest absolute Gasteiger partial charge is 0.465 e. The van der Waals surface area contributed by atoms with E-state index >= 15 is 0 Å². The molecule has 0 spiro atoms. The van der Waals surface area contributed by atoms with E-state index < -0.39 is 5.97 Å². The summed E-state index contributed by atoms with van der Waals surface area (Å²) in [5, 5.41) is 3.89. The van der Waals surface area contributed by atoms with Gasteiger partial charge in [-0.05, 0) is 42.3 Å². The summed E-state index contributed by atoms with van der Waals surface area (Å²) in [6, 6.07) is 16.6. The van der Waals surface area contributed by atoms with Gasteiger partial charge >= 0.3 is 5.97 Å². The van der Waals surface area contributed by atoms with Crippen LogP contribution in [0.25, 0.3) is 0 Å². The Morgan fingerprint density at radius 1 is 1.07 bits per heavy atom. The molecule has 1 heterocycles. The van der Waals surface area contributed by atoms with Crippen LogP contribution in [-0.4, -0.2) is 19.0 Å². The lowest BCUT2D eigenvalue weighted by Gasteiger charge is -2.06. The molecule has 0 aliphatic carbocycles.